The number of likely N-dealkylation sites (tertiary alicyclic amines) is 1. The standard InChI is InChI=1S/C30H32N4O7S/c1-3-22(27(36)32-30(29(38)39)15-6-18-34(30)28(37)24-13-16-31-17-14-24)19-21-9-11-23(12-10-21)25-7-4-5-8-26(25)42(40,41)33-20(2)35/h4-5,7-14,16-17,22H,3,6,15,18-19H2,1-2H3,(H,32,36)(H,33,35)(H,38,39)/t22-,30-/m0/s1. The summed E-state index contributed by atoms with van der Waals surface area (Å²) < 4.78 is 27.3. The third kappa shape index (κ3) is 6.33. The van der Waals surface area contributed by atoms with Gasteiger partial charge in [0.2, 0.25) is 17.5 Å². The molecule has 42 heavy (non-hydrogen) atoms. The Morgan fingerprint density at radius 2 is 1.69 bits per heavy atom. The van der Waals surface area contributed by atoms with E-state index in [0.717, 1.165) is 12.5 Å². The number of hydrogen-bond donors (Lipinski definition) is 3. The quantitative estimate of drug-likeness (QED) is 0.324. The molecule has 0 bridgehead atoms. The fraction of sp³-hybridized carbons (Fsp3) is 0.300. The van der Waals surface area contributed by atoms with E-state index < -0.39 is 45.3 Å². The van der Waals surface area contributed by atoms with Crippen LogP contribution in [0.3, 0.4) is 0 Å². The van der Waals surface area contributed by atoms with Gasteiger partial charge in [-0.25, -0.2) is 17.9 Å². The SMILES string of the molecule is CC[C@@H](Cc1ccc(-c2ccccc2S(=O)(=O)NC(C)=O)cc1)C(=O)N[C@@]1(C(=O)O)CCCN1C(=O)c1ccncc1. The molecule has 1 aliphatic rings. The van der Waals surface area contributed by atoms with Crippen LogP contribution in [0.1, 0.15) is 49.0 Å². The monoisotopic (exact) mass is 592 g/mol. The number of carbonyl (C=O) groups is 4. The van der Waals surface area contributed by atoms with E-state index in [1.54, 1.807) is 42.5 Å². The van der Waals surface area contributed by atoms with Crippen LogP contribution in [0.4, 0.5) is 0 Å². The molecule has 1 aromatic heterocycles. The van der Waals surface area contributed by atoms with Gasteiger partial charge in [0, 0.05) is 49.3 Å². The molecule has 220 valence electrons. The summed E-state index contributed by atoms with van der Waals surface area (Å²) in [5.74, 6) is -3.57. The van der Waals surface area contributed by atoms with Gasteiger partial charge in [0.15, 0.2) is 0 Å². The maximum absolute atomic E-state index is 13.5. The lowest BCUT2D eigenvalue weighted by Crippen LogP contribution is -2.64. The molecule has 0 radical (unpaired) electrons. The van der Waals surface area contributed by atoms with Crippen molar-refractivity contribution in [3.8, 4) is 11.1 Å². The van der Waals surface area contributed by atoms with Crippen molar-refractivity contribution >= 4 is 33.7 Å². The molecule has 0 unspecified atom stereocenters. The van der Waals surface area contributed by atoms with E-state index in [4.69, 9.17) is 0 Å². The maximum Gasteiger partial charge on any atom is 0.350 e. The van der Waals surface area contributed by atoms with Gasteiger partial charge in [0.1, 0.15) is 0 Å². The molecule has 2 aromatic carbocycles. The molecule has 12 heteroatoms. The Balaban J connectivity index is 1.53. The van der Waals surface area contributed by atoms with Crippen LogP contribution in [0.5, 0.6) is 0 Å². The first-order chi connectivity index (χ1) is 20.0. The summed E-state index contributed by atoms with van der Waals surface area (Å²) in [4.78, 5) is 55.6. The second-order valence-electron chi connectivity index (χ2n) is 10.1. The van der Waals surface area contributed by atoms with Crippen molar-refractivity contribution in [3.05, 3.63) is 84.2 Å². The number of carbonyl (C=O) groups excluding carboxylic acids is 3. The minimum absolute atomic E-state index is 0.0415. The molecule has 3 N–H and O–H groups in total. The lowest BCUT2D eigenvalue weighted by Gasteiger charge is -2.36. The Bertz CT molecular complexity index is 1590. The molecule has 2 atom stereocenters. The number of benzene rings is 2. The first kappa shape index (κ1) is 30.4. The second kappa shape index (κ2) is 12.5. The van der Waals surface area contributed by atoms with Gasteiger partial charge < -0.3 is 15.3 Å². The van der Waals surface area contributed by atoms with Crippen molar-refractivity contribution in [2.75, 3.05) is 6.54 Å². The molecular weight excluding hydrogens is 560 g/mol. The van der Waals surface area contributed by atoms with Gasteiger partial charge in [-0.2, -0.15) is 0 Å². The van der Waals surface area contributed by atoms with Crippen molar-refractivity contribution < 1.29 is 32.7 Å². The van der Waals surface area contributed by atoms with E-state index in [2.05, 4.69) is 10.3 Å². The topological polar surface area (TPSA) is 163 Å². The highest BCUT2D eigenvalue weighted by atomic mass is 32.2. The van der Waals surface area contributed by atoms with Gasteiger partial charge in [-0.3, -0.25) is 19.4 Å². The van der Waals surface area contributed by atoms with Crippen LogP contribution in [0.2, 0.25) is 0 Å². The number of sulfonamides is 1. The number of hydrogen-bond acceptors (Lipinski definition) is 7. The average molecular weight is 593 g/mol. The zero-order valence-corrected chi connectivity index (χ0v) is 24.1. The van der Waals surface area contributed by atoms with E-state index in [1.165, 1.54) is 35.5 Å². The van der Waals surface area contributed by atoms with Crippen LogP contribution in [-0.4, -0.2) is 59.3 Å². The van der Waals surface area contributed by atoms with E-state index in [-0.39, 0.29) is 23.4 Å². The fourth-order valence-electron chi connectivity index (χ4n) is 5.17. The summed E-state index contributed by atoms with van der Waals surface area (Å²) in [5, 5.41) is 12.9. The van der Waals surface area contributed by atoms with E-state index in [0.29, 0.717) is 30.4 Å². The molecule has 0 aliphatic carbocycles. The van der Waals surface area contributed by atoms with Crippen LogP contribution in [-0.2, 0) is 30.8 Å². The summed E-state index contributed by atoms with van der Waals surface area (Å²) in [5.41, 5.74) is 0.208. The zero-order chi connectivity index (χ0) is 30.5. The molecule has 0 spiro atoms. The second-order valence-corrected chi connectivity index (χ2v) is 11.8. The summed E-state index contributed by atoms with van der Waals surface area (Å²) >= 11 is 0. The highest BCUT2D eigenvalue weighted by molar-refractivity contribution is 7.90. The lowest BCUT2D eigenvalue weighted by molar-refractivity contribution is -0.154. The van der Waals surface area contributed by atoms with Crippen LogP contribution in [0, 0.1) is 5.92 Å². The minimum Gasteiger partial charge on any atom is -0.478 e. The number of pyridine rings is 1. The number of aliphatic carboxylic acids is 1. The van der Waals surface area contributed by atoms with Crippen LogP contribution in [0.25, 0.3) is 11.1 Å². The Morgan fingerprint density at radius 1 is 1.02 bits per heavy atom. The Hall–Kier alpha value is -4.58. The third-order valence-corrected chi connectivity index (χ3v) is 8.79. The zero-order valence-electron chi connectivity index (χ0n) is 23.2. The number of nitrogens with zero attached hydrogens (tertiary/aromatic N) is 2. The van der Waals surface area contributed by atoms with Crippen molar-refractivity contribution in [1.29, 1.82) is 0 Å². The van der Waals surface area contributed by atoms with Crippen molar-refractivity contribution in [3.63, 3.8) is 0 Å². The Morgan fingerprint density at radius 3 is 2.31 bits per heavy atom. The van der Waals surface area contributed by atoms with E-state index >= 15 is 0 Å². The largest absolute Gasteiger partial charge is 0.478 e. The van der Waals surface area contributed by atoms with Crippen LogP contribution < -0.4 is 10.0 Å². The van der Waals surface area contributed by atoms with Crippen molar-refractivity contribution in [2.24, 2.45) is 5.92 Å². The first-order valence-electron chi connectivity index (χ1n) is 13.5. The Labute approximate surface area is 244 Å². The summed E-state index contributed by atoms with van der Waals surface area (Å²) in [6.07, 6.45) is 4.10. The van der Waals surface area contributed by atoms with Gasteiger partial charge in [0.25, 0.3) is 15.9 Å². The maximum atomic E-state index is 13.5. The molecule has 11 nitrogen and oxygen atoms in total. The number of aromatic nitrogens is 1. The van der Waals surface area contributed by atoms with Gasteiger partial charge in [-0.15, -0.1) is 0 Å². The molecule has 1 saturated heterocycles. The van der Waals surface area contributed by atoms with Gasteiger partial charge >= 0.3 is 5.97 Å². The molecule has 1 aliphatic heterocycles. The van der Waals surface area contributed by atoms with Gasteiger partial charge in [0.05, 0.1) is 4.90 Å². The average Bonchev–Trinajstić information content (AvgIpc) is 3.40. The minimum atomic E-state index is -4.07. The highest BCUT2D eigenvalue weighted by Crippen LogP contribution is 2.31. The summed E-state index contributed by atoms with van der Waals surface area (Å²) in [6, 6.07) is 16.3. The van der Waals surface area contributed by atoms with Gasteiger partial charge in [-0.1, -0.05) is 49.4 Å². The third-order valence-electron chi connectivity index (χ3n) is 7.30. The first-order valence-corrected chi connectivity index (χ1v) is 15.0. The lowest BCUT2D eigenvalue weighted by atomic mass is 9.93. The summed E-state index contributed by atoms with van der Waals surface area (Å²) in [6.45, 7) is 3.13. The smallest absolute Gasteiger partial charge is 0.350 e. The number of carboxylic acids is 1. The molecule has 4 rings (SSSR count). The van der Waals surface area contributed by atoms with E-state index in [1.807, 2.05) is 11.6 Å². The highest BCUT2D eigenvalue weighted by Gasteiger charge is 2.52. The molecule has 1 fully saturated rings. The molecule has 2 heterocycles. The number of nitrogens with one attached hydrogen (secondary N) is 2. The number of carboxylic acid groups (broad SMARTS) is 1. The number of amides is 3. The predicted octanol–water partition coefficient (Wildman–Crippen LogP) is 2.98. The van der Waals surface area contributed by atoms with Crippen LogP contribution >= 0.6 is 0 Å². The van der Waals surface area contributed by atoms with E-state index in [9.17, 15) is 32.7 Å². The Kier molecular flexibility index (Phi) is 9.05. The van der Waals surface area contributed by atoms with Crippen LogP contribution in [0.15, 0.2) is 78.0 Å². The molecule has 3 amide bonds. The number of rotatable bonds is 10. The predicted molar refractivity (Wildman–Crippen MR) is 153 cm³/mol. The molecule has 3 aromatic rings. The normalized spacial score (nSPS) is 17.3. The molecule has 0 saturated carbocycles. The van der Waals surface area contributed by atoms with Crippen molar-refractivity contribution in [2.45, 2.75) is 50.1 Å². The van der Waals surface area contributed by atoms with Crippen molar-refractivity contribution in [1.82, 2.24) is 19.9 Å². The summed E-state index contributed by atoms with van der Waals surface area (Å²) in [7, 11) is -4.07. The van der Waals surface area contributed by atoms with Gasteiger partial charge in [-0.05, 0) is 48.6 Å². The molecular formula is C30H32N4O7S. The fourth-order valence-corrected chi connectivity index (χ4v) is 6.39.